The standard InChI is InChI=1S/C32H38N8O6S3.C10H15N3O2S/c1-5-46-18-7-16-34-31-27(21-33)22(3)30(32(35-31)40(4)17-19-47(41)6-2)39-38-28-15-10-24(20-29(28)49(44,45)26-13-14-26)37-36-23-8-11-25(12-9-23)48(42)43;1-4-16(15)6-5-13(3)10(12)9(7-11)8(2)14/h6,8-12,15,20H,2,5,7,13-14,16-19H2,1,3-4H3,(H,34,35)(H,42,43)(H,44,45);4,12,14H,1,5-6H2,2-3H3/b;9-8+,12-10?. The number of allylic oxidation sites excluding steroid dienone is 1. The Kier molecular flexibility index (Phi) is 21.6. The molecule has 348 valence electrons. The highest BCUT2D eigenvalue weighted by Gasteiger charge is 2.27. The van der Waals surface area contributed by atoms with Gasteiger partial charge in [-0.3, -0.25) is 13.8 Å². The molecule has 1 aliphatic rings. The Bertz CT molecular complexity index is 2600. The molecule has 4 rings (SSSR count). The van der Waals surface area contributed by atoms with Gasteiger partial charge in [-0.15, -0.1) is 10.2 Å². The number of pyridine rings is 1. The SMILES string of the molecule is C=CS(=O)CCN(C)C(=N)/C(C#N)=C(\C)O.C=CS(=O)CCN(C)c1nc(NCCCOCC)c(C#N)c(C)c1N=Nc1ccc(N=Nc2ccc(S(=O)O)cc2)cc1S(=O)(O)=C1CC1. The number of aliphatic hydroxyl groups excluding tert-OH is 1. The summed E-state index contributed by atoms with van der Waals surface area (Å²) in [5, 5.41) is 58.8. The van der Waals surface area contributed by atoms with E-state index in [4.69, 9.17) is 25.5 Å². The molecule has 4 unspecified atom stereocenters. The number of azo groups is 2. The highest BCUT2D eigenvalue weighted by molar-refractivity contribution is 7.98. The minimum atomic E-state index is -3.61. The molecule has 65 heavy (non-hydrogen) atoms. The first-order valence-electron chi connectivity index (χ1n) is 19.8. The van der Waals surface area contributed by atoms with Crippen molar-refractivity contribution in [3.05, 3.63) is 88.9 Å². The molecule has 0 saturated heterocycles. The van der Waals surface area contributed by atoms with Crippen molar-refractivity contribution in [2.45, 2.75) is 49.8 Å². The fourth-order valence-electron chi connectivity index (χ4n) is 5.39. The summed E-state index contributed by atoms with van der Waals surface area (Å²) in [5.74, 6) is 1.09. The van der Waals surface area contributed by atoms with Gasteiger partial charge < -0.3 is 34.1 Å². The number of likely N-dealkylation sites (N-methyl/N-ethyl adjacent to an activating group) is 1. The fraction of sp³-hybridized carbons (Fsp3) is 0.357. The molecule has 19 nitrogen and oxygen atoms in total. The number of ether oxygens (including phenoxy) is 1. The molecule has 1 aliphatic carbocycles. The zero-order valence-corrected chi connectivity index (χ0v) is 40.0. The fourth-order valence-corrected chi connectivity index (χ4v) is 8.64. The molecule has 4 atom stereocenters. The molecule has 0 radical (unpaired) electrons. The Hall–Kier alpha value is -5.79. The van der Waals surface area contributed by atoms with E-state index in [9.17, 15) is 31.2 Å². The van der Waals surface area contributed by atoms with Gasteiger partial charge in [0.25, 0.3) is 0 Å². The van der Waals surface area contributed by atoms with Gasteiger partial charge in [0.1, 0.15) is 56.3 Å². The van der Waals surface area contributed by atoms with Crippen LogP contribution in [0.3, 0.4) is 0 Å². The molecule has 1 fully saturated rings. The van der Waals surface area contributed by atoms with E-state index in [0.29, 0.717) is 85.6 Å². The Morgan fingerprint density at radius 1 is 1.02 bits per heavy atom. The van der Waals surface area contributed by atoms with Crippen molar-refractivity contribution in [2.24, 2.45) is 20.5 Å². The van der Waals surface area contributed by atoms with Gasteiger partial charge in [0, 0.05) is 90.5 Å². The third-order valence-corrected chi connectivity index (χ3v) is 13.9. The topological polar surface area (TPSA) is 290 Å². The van der Waals surface area contributed by atoms with Crippen LogP contribution in [-0.2, 0) is 47.2 Å². The molecule has 1 saturated carbocycles. The zero-order valence-electron chi connectivity index (χ0n) is 36.7. The minimum absolute atomic E-state index is 0.0150. The molecular weight excluding hydrogens is 915 g/mol. The Morgan fingerprint density at radius 2 is 1.63 bits per heavy atom. The third kappa shape index (κ3) is 16.0. The van der Waals surface area contributed by atoms with Crippen LogP contribution in [0.5, 0.6) is 0 Å². The van der Waals surface area contributed by atoms with Gasteiger partial charge in [0.15, 0.2) is 16.9 Å². The molecule has 2 aromatic carbocycles. The van der Waals surface area contributed by atoms with E-state index in [1.54, 1.807) is 38.1 Å². The summed E-state index contributed by atoms with van der Waals surface area (Å²) < 4.78 is 73.9. The summed E-state index contributed by atoms with van der Waals surface area (Å²) >= 11 is -2.12. The number of nitrogens with zero attached hydrogens (tertiary/aromatic N) is 9. The molecule has 23 heteroatoms. The van der Waals surface area contributed by atoms with Gasteiger partial charge in [0.05, 0.1) is 26.7 Å². The first-order valence-corrected chi connectivity index (χ1v) is 25.2. The molecule has 3 aromatic rings. The normalized spacial score (nSPS) is 14.7. The molecule has 0 bridgehead atoms. The van der Waals surface area contributed by atoms with Crippen LogP contribution in [0.25, 0.3) is 0 Å². The number of hydrogen-bond donors (Lipinski definition) is 5. The van der Waals surface area contributed by atoms with E-state index >= 15 is 0 Å². The lowest BCUT2D eigenvalue weighted by Gasteiger charge is -2.22. The first kappa shape index (κ1) is 53.5. The summed E-state index contributed by atoms with van der Waals surface area (Å²) in [5.41, 5.74) is 1.78. The molecule has 5 N–H and O–H groups in total. The minimum Gasteiger partial charge on any atom is -0.511 e. The van der Waals surface area contributed by atoms with Gasteiger partial charge in [-0.1, -0.05) is 13.2 Å². The molecule has 0 aliphatic heterocycles. The highest BCUT2D eigenvalue weighted by atomic mass is 32.2. The van der Waals surface area contributed by atoms with Crippen molar-refractivity contribution in [1.82, 2.24) is 9.88 Å². The number of hydrogen-bond acceptors (Lipinski definition) is 16. The second kappa shape index (κ2) is 26.2. The lowest BCUT2D eigenvalue weighted by molar-refractivity contribution is 0.147. The predicted molar refractivity (Wildman–Crippen MR) is 258 cm³/mol. The van der Waals surface area contributed by atoms with Gasteiger partial charge >= 0.3 is 0 Å². The van der Waals surface area contributed by atoms with E-state index in [2.05, 4.69) is 45.0 Å². The summed E-state index contributed by atoms with van der Waals surface area (Å²) in [6.07, 6.45) is 1.70. The zero-order chi connectivity index (χ0) is 48.3. The lowest BCUT2D eigenvalue weighted by Crippen LogP contribution is -2.31. The van der Waals surface area contributed by atoms with Crippen LogP contribution in [0.4, 0.5) is 34.4 Å². The van der Waals surface area contributed by atoms with Crippen LogP contribution >= 0.6 is 0 Å². The second-order valence-corrected chi connectivity index (χ2v) is 19.9. The van der Waals surface area contributed by atoms with Crippen LogP contribution in [0.15, 0.2) is 108 Å². The van der Waals surface area contributed by atoms with Crippen LogP contribution in [0.2, 0.25) is 0 Å². The van der Waals surface area contributed by atoms with Gasteiger partial charge in [-0.05, 0) is 93.3 Å². The van der Waals surface area contributed by atoms with Crippen molar-refractivity contribution in [1.29, 1.82) is 15.9 Å². The average molecular weight is 968 g/mol. The third-order valence-electron chi connectivity index (χ3n) is 9.22. The van der Waals surface area contributed by atoms with Crippen molar-refractivity contribution in [3.8, 4) is 12.1 Å². The first-order chi connectivity index (χ1) is 30.9. The molecule has 0 spiro atoms. The van der Waals surface area contributed by atoms with Crippen molar-refractivity contribution < 1.29 is 35.8 Å². The number of rotatable bonds is 22. The number of nitrogens with one attached hydrogen (secondary N) is 2. The number of nitriles is 2. The molecular formula is C42H53N11O8S4. The molecule has 1 heterocycles. The number of benzene rings is 2. The summed E-state index contributed by atoms with van der Waals surface area (Å²) in [7, 11) is -2.63. The lowest BCUT2D eigenvalue weighted by atomic mass is 10.1. The van der Waals surface area contributed by atoms with Crippen molar-refractivity contribution >= 4 is 87.6 Å². The highest BCUT2D eigenvalue weighted by Crippen LogP contribution is 2.39. The maximum atomic E-state index is 13.6. The van der Waals surface area contributed by atoms with Crippen LogP contribution in [0.1, 0.15) is 44.2 Å². The smallest absolute Gasteiger partial charge is 0.186 e. The van der Waals surface area contributed by atoms with Crippen LogP contribution < -0.4 is 10.2 Å². The Balaban J connectivity index is 0.000000596. The van der Waals surface area contributed by atoms with Crippen LogP contribution in [0, 0.1) is 35.0 Å². The number of amidine groups is 1. The van der Waals surface area contributed by atoms with E-state index in [0.717, 1.165) is 0 Å². The quantitative estimate of drug-likeness (QED) is 0.00930. The molecule has 0 amide bonds. The summed E-state index contributed by atoms with van der Waals surface area (Å²) in [4.78, 5) is 8.67. The summed E-state index contributed by atoms with van der Waals surface area (Å²) in [6.45, 7) is 14.3. The van der Waals surface area contributed by atoms with E-state index < -0.39 is 42.5 Å². The van der Waals surface area contributed by atoms with E-state index in [-0.39, 0.29) is 55.3 Å². The van der Waals surface area contributed by atoms with E-state index in [1.165, 1.54) is 59.0 Å². The van der Waals surface area contributed by atoms with Crippen LogP contribution in [-0.4, -0.2) is 110 Å². The Morgan fingerprint density at radius 3 is 2.18 bits per heavy atom. The van der Waals surface area contributed by atoms with Gasteiger partial charge in [-0.25, -0.2) is 13.4 Å². The number of anilines is 2. The monoisotopic (exact) mass is 967 g/mol. The number of aromatic nitrogens is 1. The number of aliphatic hydroxyl groups is 1. The molecule has 1 aromatic heterocycles. The van der Waals surface area contributed by atoms with E-state index in [1.807, 2.05) is 6.92 Å². The average Bonchev–Trinajstić information content (AvgIpc) is 4.16. The van der Waals surface area contributed by atoms with Gasteiger partial charge in [0.2, 0.25) is 0 Å². The maximum absolute atomic E-state index is 13.6. The van der Waals surface area contributed by atoms with Gasteiger partial charge in [-0.2, -0.15) is 20.8 Å². The predicted octanol–water partition coefficient (Wildman–Crippen LogP) is 8.07. The van der Waals surface area contributed by atoms with Crippen molar-refractivity contribution in [2.75, 3.05) is 68.7 Å². The Labute approximate surface area is 387 Å². The second-order valence-electron chi connectivity index (χ2n) is 13.8. The van der Waals surface area contributed by atoms with Crippen molar-refractivity contribution in [3.63, 3.8) is 0 Å². The maximum Gasteiger partial charge on any atom is 0.186 e. The summed E-state index contributed by atoms with van der Waals surface area (Å²) in [6, 6.07) is 14.4. The largest absolute Gasteiger partial charge is 0.511 e.